The molecule has 33 heavy (non-hydrogen) atoms. The van der Waals surface area contributed by atoms with E-state index in [0.717, 1.165) is 48.0 Å². The highest BCUT2D eigenvalue weighted by atomic mass is 35.5. The lowest BCUT2D eigenvalue weighted by Crippen LogP contribution is -2.52. The van der Waals surface area contributed by atoms with Gasteiger partial charge in [0.25, 0.3) is 5.91 Å². The molecule has 9 heteroatoms. The van der Waals surface area contributed by atoms with Crippen molar-refractivity contribution in [3.05, 3.63) is 46.3 Å². The number of amides is 4. The summed E-state index contributed by atoms with van der Waals surface area (Å²) in [6, 6.07) is 11.7. The molecule has 7 nitrogen and oxygen atoms in total. The molecular weight excluding hydrogens is 460 g/mol. The molecular formula is C24H27ClN4O3S. The van der Waals surface area contributed by atoms with Crippen LogP contribution in [0.2, 0.25) is 5.02 Å². The smallest absolute Gasteiger partial charge is 0.325 e. The van der Waals surface area contributed by atoms with E-state index in [1.165, 1.54) is 9.75 Å². The number of carbonyl (C=O) groups is 3. The Morgan fingerprint density at radius 1 is 1.06 bits per heavy atom. The van der Waals surface area contributed by atoms with Gasteiger partial charge in [0.05, 0.1) is 0 Å². The summed E-state index contributed by atoms with van der Waals surface area (Å²) in [5.74, 6) is -0.391. The van der Waals surface area contributed by atoms with E-state index in [9.17, 15) is 14.4 Å². The second-order valence-electron chi connectivity index (χ2n) is 9.04. The molecule has 3 heterocycles. The van der Waals surface area contributed by atoms with Crippen molar-refractivity contribution in [3.63, 3.8) is 0 Å². The van der Waals surface area contributed by atoms with E-state index >= 15 is 0 Å². The van der Waals surface area contributed by atoms with Gasteiger partial charge in [-0.2, -0.15) is 0 Å². The number of hydrogen-bond donors (Lipinski definition) is 1. The van der Waals surface area contributed by atoms with Crippen LogP contribution in [0.1, 0.15) is 30.6 Å². The Kier molecular flexibility index (Phi) is 6.16. The van der Waals surface area contributed by atoms with Crippen molar-refractivity contribution in [2.75, 3.05) is 32.7 Å². The second kappa shape index (κ2) is 9.08. The largest absolute Gasteiger partial charge is 0.339 e. The van der Waals surface area contributed by atoms with Crippen LogP contribution in [-0.2, 0) is 16.1 Å². The summed E-state index contributed by atoms with van der Waals surface area (Å²) in [5.41, 5.74) is 0.356. The van der Waals surface area contributed by atoms with Crippen LogP contribution in [0.15, 0.2) is 36.4 Å². The maximum absolute atomic E-state index is 12.8. The molecule has 2 aromatic rings. The molecule has 0 unspecified atom stereocenters. The molecule has 1 aromatic heterocycles. The molecule has 1 saturated carbocycles. The Balaban J connectivity index is 1.13. The summed E-state index contributed by atoms with van der Waals surface area (Å²) in [5, 5.41) is 3.57. The lowest BCUT2D eigenvalue weighted by molar-refractivity contribution is -0.140. The van der Waals surface area contributed by atoms with Crippen molar-refractivity contribution in [1.29, 1.82) is 0 Å². The van der Waals surface area contributed by atoms with Crippen molar-refractivity contribution in [3.8, 4) is 10.4 Å². The first-order valence-corrected chi connectivity index (χ1v) is 12.6. The summed E-state index contributed by atoms with van der Waals surface area (Å²) in [7, 11) is 0. The first-order chi connectivity index (χ1) is 15.9. The van der Waals surface area contributed by atoms with Crippen molar-refractivity contribution in [2.45, 2.75) is 37.8 Å². The zero-order valence-corrected chi connectivity index (χ0v) is 20.0. The van der Waals surface area contributed by atoms with Crippen LogP contribution in [0.5, 0.6) is 0 Å². The molecule has 1 aliphatic carbocycles. The van der Waals surface area contributed by atoms with Crippen molar-refractivity contribution in [1.82, 2.24) is 20.0 Å². The van der Waals surface area contributed by atoms with E-state index in [-0.39, 0.29) is 18.4 Å². The number of imide groups is 1. The van der Waals surface area contributed by atoms with E-state index in [0.29, 0.717) is 25.9 Å². The standard InChI is InChI=1S/C24H27ClN4O3S/c25-18-5-3-4-17(14-18)20-7-6-19(33-20)15-27-10-12-28(13-11-27)21(30)16-29-22(31)24(26-23(29)32)8-1-2-9-24/h3-7,14H,1-2,8-13,15-16H2,(H,26,32). The number of rotatable bonds is 5. The zero-order chi connectivity index (χ0) is 23.0. The van der Waals surface area contributed by atoms with Gasteiger partial charge < -0.3 is 10.2 Å². The van der Waals surface area contributed by atoms with E-state index in [1.54, 1.807) is 16.2 Å². The Hall–Kier alpha value is -2.42. The molecule has 5 rings (SSSR count). The van der Waals surface area contributed by atoms with Crippen LogP contribution >= 0.6 is 22.9 Å². The molecule has 0 bridgehead atoms. The summed E-state index contributed by atoms with van der Waals surface area (Å²) >= 11 is 7.87. The lowest BCUT2D eigenvalue weighted by Gasteiger charge is -2.35. The second-order valence-corrected chi connectivity index (χ2v) is 10.6. The van der Waals surface area contributed by atoms with E-state index in [2.05, 4.69) is 28.4 Å². The average Bonchev–Trinajstić information content (AvgIpc) is 3.52. The minimum atomic E-state index is -0.763. The van der Waals surface area contributed by atoms with Crippen LogP contribution in [0.3, 0.4) is 0 Å². The molecule has 1 aromatic carbocycles. The van der Waals surface area contributed by atoms with Gasteiger partial charge in [-0.1, -0.05) is 36.6 Å². The van der Waals surface area contributed by atoms with Crippen LogP contribution in [-0.4, -0.2) is 70.8 Å². The number of benzene rings is 1. The summed E-state index contributed by atoms with van der Waals surface area (Å²) in [6.07, 6.45) is 3.20. The first-order valence-electron chi connectivity index (χ1n) is 11.4. The van der Waals surface area contributed by atoms with E-state index in [4.69, 9.17) is 11.6 Å². The van der Waals surface area contributed by atoms with Gasteiger partial charge in [-0.3, -0.25) is 19.4 Å². The fourth-order valence-electron chi connectivity index (χ4n) is 5.01. The summed E-state index contributed by atoms with van der Waals surface area (Å²) in [6.45, 7) is 3.39. The maximum atomic E-state index is 12.8. The molecule has 0 atom stereocenters. The van der Waals surface area contributed by atoms with Gasteiger partial charge in [0, 0.05) is 47.5 Å². The van der Waals surface area contributed by atoms with E-state index < -0.39 is 11.6 Å². The molecule has 4 amide bonds. The molecule has 3 fully saturated rings. The molecule has 1 N–H and O–H groups in total. The quantitative estimate of drug-likeness (QED) is 0.656. The molecule has 1 spiro atoms. The monoisotopic (exact) mass is 486 g/mol. The third-order valence-corrected chi connectivity index (χ3v) is 8.23. The molecule has 0 radical (unpaired) electrons. The third kappa shape index (κ3) is 4.52. The fourth-order valence-corrected chi connectivity index (χ4v) is 6.24. The highest BCUT2D eigenvalue weighted by molar-refractivity contribution is 7.15. The van der Waals surface area contributed by atoms with Crippen LogP contribution in [0, 0.1) is 0 Å². The van der Waals surface area contributed by atoms with Gasteiger partial charge in [-0.05, 0) is 42.7 Å². The molecule has 2 saturated heterocycles. The van der Waals surface area contributed by atoms with Crippen molar-refractivity contribution < 1.29 is 14.4 Å². The number of halogens is 1. The number of urea groups is 1. The van der Waals surface area contributed by atoms with Crippen molar-refractivity contribution in [2.24, 2.45) is 0 Å². The number of hydrogen-bond acceptors (Lipinski definition) is 5. The summed E-state index contributed by atoms with van der Waals surface area (Å²) < 4.78 is 0. The fraction of sp³-hybridized carbons (Fsp3) is 0.458. The highest BCUT2D eigenvalue weighted by Crippen LogP contribution is 2.35. The topological polar surface area (TPSA) is 73.0 Å². The predicted molar refractivity (Wildman–Crippen MR) is 128 cm³/mol. The Bertz CT molecular complexity index is 1070. The van der Waals surface area contributed by atoms with Crippen molar-refractivity contribution >= 4 is 40.8 Å². The third-order valence-electron chi connectivity index (χ3n) is 6.87. The van der Waals surface area contributed by atoms with E-state index in [1.807, 2.05) is 18.2 Å². The van der Waals surface area contributed by atoms with Gasteiger partial charge in [-0.15, -0.1) is 11.3 Å². The Morgan fingerprint density at radius 2 is 1.82 bits per heavy atom. The Morgan fingerprint density at radius 3 is 2.55 bits per heavy atom. The maximum Gasteiger partial charge on any atom is 0.325 e. The number of nitrogens with one attached hydrogen (secondary N) is 1. The number of thiophene rings is 1. The molecule has 174 valence electrons. The van der Waals surface area contributed by atoms with Gasteiger partial charge in [-0.25, -0.2) is 4.79 Å². The minimum Gasteiger partial charge on any atom is -0.339 e. The molecule has 3 aliphatic rings. The average molecular weight is 487 g/mol. The first kappa shape index (κ1) is 22.4. The highest BCUT2D eigenvalue weighted by Gasteiger charge is 2.52. The summed E-state index contributed by atoms with van der Waals surface area (Å²) in [4.78, 5) is 45.6. The van der Waals surface area contributed by atoms with Crippen LogP contribution < -0.4 is 5.32 Å². The lowest BCUT2D eigenvalue weighted by atomic mass is 9.98. The minimum absolute atomic E-state index is 0.160. The number of piperazine rings is 1. The Labute approximate surface area is 202 Å². The van der Waals surface area contributed by atoms with Gasteiger partial charge in [0.15, 0.2) is 0 Å². The normalized spacial score (nSPS) is 20.6. The molecule has 2 aliphatic heterocycles. The SMILES string of the molecule is O=C(CN1C(=O)NC2(CCCC2)C1=O)N1CCN(Cc2ccc(-c3cccc(Cl)c3)s2)CC1. The van der Waals surface area contributed by atoms with Crippen LogP contribution in [0.4, 0.5) is 4.79 Å². The zero-order valence-electron chi connectivity index (χ0n) is 18.4. The van der Waals surface area contributed by atoms with Gasteiger partial charge in [0.1, 0.15) is 12.1 Å². The number of nitrogens with zero attached hydrogens (tertiary/aromatic N) is 3. The van der Waals surface area contributed by atoms with Gasteiger partial charge >= 0.3 is 6.03 Å². The van der Waals surface area contributed by atoms with Crippen LogP contribution in [0.25, 0.3) is 10.4 Å². The van der Waals surface area contributed by atoms with Gasteiger partial charge in [0.2, 0.25) is 5.91 Å². The number of carbonyl (C=O) groups excluding carboxylic acids is 3. The predicted octanol–water partition coefficient (Wildman–Crippen LogP) is 3.58.